The second-order valence-electron chi connectivity index (χ2n) is 4.30. The summed E-state index contributed by atoms with van der Waals surface area (Å²) in [6, 6.07) is 4.36. The Morgan fingerprint density at radius 3 is 2.58 bits per heavy atom. The van der Waals surface area contributed by atoms with Crippen molar-refractivity contribution in [1.82, 2.24) is 0 Å². The molecule has 2 rings (SSSR count). The first-order chi connectivity index (χ1) is 8.91. The molecule has 100 valence electrons. The lowest BCUT2D eigenvalue weighted by Crippen LogP contribution is -2.41. The smallest absolute Gasteiger partial charge is 0.182 e. The number of halogens is 3. The Kier molecular flexibility index (Phi) is 4.43. The molecule has 0 N–H and O–H groups in total. The van der Waals surface area contributed by atoms with Gasteiger partial charge in [0.25, 0.3) is 0 Å². The molecule has 1 aliphatic rings. The van der Waals surface area contributed by atoms with Crippen molar-refractivity contribution in [3.63, 3.8) is 0 Å². The Morgan fingerprint density at radius 1 is 1.26 bits per heavy atom. The molecule has 0 radical (unpaired) electrons. The van der Waals surface area contributed by atoms with Crippen molar-refractivity contribution in [3.05, 3.63) is 33.8 Å². The van der Waals surface area contributed by atoms with Crippen LogP contribution in [0.25, 0.3) is 0 Å². The lowest BCUT2D eigenvalue weighted by Gasteiger charge is -2.22. The number of hydrogen-bond donors (Lipinski definition) is 0. The highest BCUT2D eigenvalue weighted by atomic mass is 79.9. The first kappa shape index (κ1) is 14.7. The molecule has 3 nitrogen and oxygen atoms in total. The minimum atomic E-state index is -1.25. The van der Waals surface area contributed by atoms with Gasteiger partial charge in [0.15, 0.2) is 17.3 Å². The fourth-order valence-electron chi connectivity index (χ4n) is 2.02. The Hall–Kier alpha value is -0.710. The maximum Gasteiger partial charge on any atom is 0.182 e. The van der Waals surface area contributed by atoms with Gasteiger partial charge in [-0.1, -0.05) is 39.1 Å². The van der Waals surface area contributed by atoms with E-state index in [1.54, 1.807) is 0 Å². The summed E-state index contributed by atoms with van der Waals surface area (Å²) in [6.45, 7) is 0. The highest BCUT2D eigenvalue weighted by Gasteiger charge is 2.41. The molecule has 1 aliphatic carbocycles. The van der Waals surface area contributed by atoms with Gasteiger partial charge in [-0.2, -0.15) is 0 Å². The summed E-state index contributed by atoms with van der Waals surface area (Å²) in [6.07, 6.45) is 0.638. The van der Waals surface area contributed by atoms with Crippen molar-refractivity contribution in [3.8, 4) is 0 Å². The van der Waals surface area contributed by atoms with Gasteiger partial charge >= 0.3 is 0 Å². The summed E-state index contributed by atoms with van der Waals surface area (Å²) >= 11 is 14.9. The van der Waals surface area contributed by atoms with Gasteiger partial charge in [0, 0.05) is 17.0 Å². The summed E-state index contributed by atoms with van der Waals surface area (Å²) in [5.74, 6) is -2.55. The predicted molar refractivity (Wildman–Crippen MR) is 76.2 cm³/mol. The normalized spacial score (nSPS) is 23.5. The molecule has 1 aromatic rings. The van der Waals surface area contributed by atoms with Crippen molar-refractivity contribution < 1.29 is 14.4 Å². The Labute approximate surface area is 128 Å². The van der Waals surface area contributed by atoms with Gasteiger partial charge < -0.3 is 0 Å². The number of carbonyl (C=O) groups excluding carboxylic acids is 3. The molecule has 6 heteroatoms. The molecule has 0 aliphatic heterocycles. The zero-order valence-corrected chi connectivity index (χ0v) is 12.8. The molecular formula is C13H9BrCl2O3. The monoisotopic (exact) mass is 362 g/mol. The molecule has 0 spiro atoms. The zero-order valence-electron chi connectivity index (χ0n) is 9.66. The maximum absolute atomic E-state index is 12.3. The summed E-state index contributed by atoms with van der Waals surface area (Å²) in [7, 11) is 0. The summed E-state index contributed by atoms with van der Waals surface area (Å²) in [4.78, 5) is 35.6. The van der Waals surface area contributed by atoms with Crippen LogP contribution >= 0.6 is 39.1 Å². The van der Waals surface area contributed by atoms with Crippen molar-refractivity contribution in [2.45, 2.75) is 17.7 Å². The highest BCUT2D eigenvalue weighted by Crippen LogP contribution is 2.29. The van der Waals surface area contributed by atoms with Gasteiger partial charge in [0.05, 0.1) is 9.85 Å². The van der Waals surface area contributed by atoms with E-state index >= 15 is 0 Å². The zero-order chi connectivity index (χ0) is 14.2. The quantitative estimate of drug-likeness (QED) is 0.459. The topological polar surface area (TPSA) is 51.2 Å². The van der Waals surface area contributed by atoms with Crippen LogP contribution in [0, 0.1) is 5.92 Å². The molecule has 0 aromatic heterocycles. The molecule has 19 heavy (non-hydrogen) atoms. The highest BCUT2D eigenvalue weighted by molar-refractivity contribution is 9.10. The van der Waals surface area contributed by atoms with Gasteiger partial charge in [0.2, 0.25) is 0 Å². The second-order valence-corrected chi connectivity index (χ2v) is 6.25. The van der Waals surface area contributed by atoms with Crippen molar-refractivity contribution in [2.24, 2.45) is 5.92 Å². The number of carbonyl (C=O) groups is 3. The fourth-order valence-corrected chi connectivity index (χ4v) is 3.01. The van der Waals surface area contributed by atoms with Crippen LogP contribution in [0.15, 0.2) is 18.2 Å². The second kappa shape index (κ2) is 5.73. The predicted octanol–water partition coefficient (Wildman–Crippen LogP) is 3.49. The van der Waals surface area contributed by atoms with Gasteiger partial charge in [0.1, 0.15) is 5.92 Å². The third-order valence-electron chi connectivity index (χ3n) is 3.02. The lowest BCUT2D eigenvalue weighted by atomic mass is 9.81. The summed E-state index contributed by atoms with van der Waals surface area (Å²) < 4.78 is 0. The van der Waals surface area contributed by atoms with Crippen LogP contribution < -0.4 is 0 Å². The number of benzene rings is 1. The Bertz CT molecular complexity index is 571. The summed E-state index contributed by atoms with van der Waals surface area (Å²) in [5.41, 5.74) is 0.152. The molecule has 0 heterocycles. The van der Waals surface area contributed by atoms with E-state index in [0.717, 1.165) is 0 Å². The van der Waals surface area contributed by atoms with E-state index in [4.69, 9.17) is 23.2 Å². The molecule has 0 bridgehead atoms. The number of hydrogen-bond acceptors (Lipinski definition) is 3. The lowest BCUT2D eigenvalue weighted by molar-refractivity contribution is -0.132. The number of rotatable bonds is 2. The number of ketones is 3. The number of alkyl halides is 1. The van der Waals surface area contributed by atoms with Crippen LogP contribution in [-0.2, 0) is 9.59 Å². The molecule has 0 amide bonds. The maximum atomic E-state index is 12.3. The van der Waals surface area contributed by atoms with Gasteiger partial charge in [-0.05, 0) is 24.6 Å². The molecular weight excluding hydrogens is 355 g/mol. The van der Waals surface area contributed by atoms with Gasteiger partial charge in [-0.15, -0.1) is 0 Å². The number of Topliss-reactive ketones (excluding diaryl/α,β-unsaturated/α-hetero) is 3. The third kappa shape index (κ3) is 2.91. The first-order valence-corrected chi connectivity index (χ1v) is 7.28. The van der Waals surface area contributed by atoms with E-state index in [1.165, 1.54) is 18.2 Å². The largest absolute Gasteiger partial charge is 0.298 e. The Balaban J connectivity index is 2.37. The molecule has 0 saturated heterocycles. The van der Waals surface area contributed by atoms with Crippen LogP contribution in [0.5, 0.6) is 0 Å². The van der Waals surface area contributed by atoms with Crippen molar-refractivity contribution in [2.75, 3.05) is 0 Å². The average molecular weight is 364 g/mol. The first-order valence-electron chi connectivity index (χ1n) is 5.61. The standard InChI is InChI=1S/C13H9BrCl2O3/c14-8-3-4-10(17)11(13(8)19)12(18)7-2-1-6(15)5-9(7)16/h1-2,5,8,11H,3-4H2. The minimum Gasteiger partial charge on any atom is -0.298 e. The molecule has 1 fully saturated rings. The molecule has 2 atom stereocenters. The Morgan fingerprint density at radius 2 is 1.95 bits per heavy atom. The molecule has 2 unspecified atom stereocenters. The van der Waals surface area contributed by atoms with Gasteiger partial charge in [-0.25, -0.2) is 0 Å². The SMILES string of the molecule is O=C1CCC(Br)C(=O)C1C(=O)c1ccc(Cl)cc1Cl. The molecule has 1 aromatic carbocycles. The third-order valence-corrected chi connectivity index (χ3v) is 4.48. The summed E-state index contributed by atoms with van der Waals surface area (Å²) in [5, 5.41) is 0.538. The van der Waals surface area contributed by atoms with Crippen LogP contribution in [0.3, 0.4) is 0 Å². The average Bonchev–Trinajstić information content (AvgIpc) is 2.34. The van der Waals surface area contributed by atoms with Crippen LogP contribution in [0.2, 0.25) is 10.0 Å². The van der Waals surface area contributed by atoms with E-state index in [2.05, 4.69) is 15.9 Å². The van der Waals surface area contributed by atoms with E-state index in [9.17, 15) is 14.4 Å². The van der Waals surface area contributed by atoms with Crippen LogP contribution in [0.4, 0.5) is 0 Å². The van der Waals surface area contributed by atoms with E-state index in [-0.39, 0.29) is 22.8 Å². The van der Waals surface area contributed by atoms with Crippen molar-refractivity contribution >= 4 is 56.5 Å². The molecule has 1 saturated carbocycles. The minimum absolute atomic E-state index is 0.148. The van der Waals surface area contributed by atoms with Crippen LogP contribution in [-0.4, -0.2) is 22.2 Å². The van der Waals surface area contributed by atoms with E-state index < -0.39 is 22.3 Å². The fraction of sp³-hybridized carbons (Fsp3) is 0.308. The van der Waals surface area contributed by atoms with E-state index in [1.807, 2.05) is 0 Å². The van der Waals surface area contributed by atoms with Gasteiger partial charge in [-0.3, -0.25) is 14.4 Å². The van der Waals surface area contributed by atoms with E-state index in [0.29, 0.717) is 11.4 Å². The van der Waals surface area contributed by atoms with Crippen LogP contribution in [0.1, 0.15) is 23.2 Å². The van der Waals surface area contributed by atoms with Crippen molar-refractivity contribution in [1.29, 1.82) is 0 Å².